The van der Waals surface area contributed by atoms with E-state index in [9.17, 15) is 0 Å². The van der Waals surface area contributed by atoms with Gasteiger partial charge in [-0.2, -0.15) is 9.97 Å². The Balaban J connectivity index is 1.89. The molecule has 0 spiro atoms. The van der Waals surface area contributed by atoms with Gasteiger partial charge in [0.25, 0.3) is 0 Å². The maximum atomic E-state index is 5.91. The lowest BCUT2D eigenvalue weighted by Crippen LogP contribution is -2.26. The molecule has 1 unspecified atom stereocenters. The highest BCUT2D eigenvalue weighted by atomic mass is 16.5. The number of nitrogens with zero attached hydrogens (tertiary/aromatic N) is 3. The molecule has 1 aliphatic heterocycles. The normalized spacial score (nSPS) is 28.4. The molecule has 3 rings (SSSR count). The van der Waals surface area contributed by atoms with Crippen LogP contribution in [0.1, 0.15) is 75.9 Å². The van der Waals surface area contributed by atoms with Crippen LogP contribution in [0.5, 0.6) is 0 Å². The van der Waals surface area contributed by atoms with E-state index in [-0.39, 0.29) is 5.60 Å². The predicted octanol–water partition coefficient (Wildman–Crippen LogP) is 2.92. The molecule has 0 radical (unpaired) electrons. The molecule has 1 aromatic heterocycles. The van der Waals surface area contributed by atoms with E-state index in [2.05, 4.69) is 16.9 Å². The molecule has 0 amide bonds. The molecule has 1 atom stereocenters. The Morgan fingerprint density at radius 2 is 1.80 bits per heavy atom. The lowest BCUT2D eigenvalue weighted by molar-refractivity contribution is 0.00899. The zero-order valence-corrected chi connectivity index (χ0v) is 12.3. The van der Waals surface area contributed by atoms with Crippen molar-refractivity contribution in [3.05, 3.63) is 11.6 Å². The Kier molecular flexibility index (Phi) is 3.87. The van der Waals surface area contributed by atoms with Gasteiger partial charge in [-0.15, -0.1) is 0 Å². The third-order valence-corrected chi connectivity index (χ3v) is 4.58. The first-order valence-corrected chi connectivity index (χ1v) is 7.83. The van der Waals surface area contributed by atoms with Gasteiger partial charge >= 0.3 is 0 Å². The highest BCUT2D eigenvalue weighted by Crippen LogP contribution is 2.35. The lowest BCUT2D eigenvalue weighted by atomic mass is 9.98. The summed E-state index contributed by atoms with van der Waals surface area (Å²) in [6, 6.07) is 0. The second kappa shape index (κ2) is 5.64. The smallest absolute Gasteiger partial charge is 0.223 e. The average molecular weight is 276 g/mol. The number of nitrogens with two attached hydrogens (primary N) is 1. The van der Waals surface area contributed by atoms with Crippen LogP contribution in [0.3, 0.4) is 0 Å². The summed E-state index contributed by atoms with van der Waals surface area (Å²) in [5.41, 5.74) is 5.54. The number of anilines is 1. The zero-order valence-electron chi connectivity index (χ0n) is 12.3. The van der Waals surface area contributed by atoms with Gasteiger partial charge in [0.05, 0.1) is 0 Å². The summed E-state index contributed by atoms with van der Waals surface area (Å²) in [5.74, 6) is 2.38. The molecule has 110 valence electrons. The summed E-state index contributed by atoms with van der Waals surface area (Å²) >= 11 is 0. The van der Waals surface area contributed by atoms with Crippen LogP contribution < -0.4 is 5.73 Å². The van der Waals surface area contributed by atoms with Crippen LogP contribution in [0.15, 0.2) is 0 Å². The highest BCUT2D eigenvalue weighted by molar-refractivity contribution is 5.20. The summed E-state index contributed by atoms with van der Waals surface area (Å²) in [6.07, 6.45) is 9.52. The number of hydrogen-bond acceptors (Lipinski definition) is 5. The molecular weight excluding hydrogens is 252 g/mol. The quantitative estimate of drug-likeness (QED) is 0.841. The zero-order chi connectivity index (χ0) is 14.0. The Labute approximate surface area is 120 Å². The monoisotopic (exact) mass is 276 g/mol. The van der Waals surface area contributed by atoms with Crippen molar-refractivity contribution >= 4 is 5.95 Å². The second-order valence-electron chi connectivity index (χ2n) is 6.25. The maximum Gasteiger partial charge on any atom is 0.223 e. The molecule has 1 aromatic rings. The lowest BCUT2D eigenvalue weighted by Gasteiger charge is -2.23. The number of hydrogen-bond donors (Lipinski definition) is 1. The number of ether oxygens (including phenoxy) is 1. The van der Waals surface area contributed by atoms with E-state index >= 15 is 0 Å². The average Bonchev–Trinajstić information content (AvgIpc) is 2.73. The number of aromatic nitrogens is 3. The van der Waals surface area contributed by atoms with Crippen LogP contribution in [-0.4, -0.2) is 21.6 Å². The van der Waals surface area contributed by atoms with Crippen LogP contribution in [0.25, 0.3) is 0 Å². The van der Waals surface area contributed by atoms with Gasteiger partial charge in [0.2, 0.25) is 5.95 Å². The molecule has 1 saturated carbocycles. The van der Waals surface area contributed by atoms with E-state index in [0.29, 0.717) is 11.9 Å². The van der Waals surface area contributed by atoms with E-state index in [1.807, 2.05) is 0 Å². The summed E-state index contributed by atoms with van der Waals surface area (Å²) in [6.45, 7) is 2.84. The Morgan fingerprint density at radius 3 is 2.45 bits per heavy atom. The topological polar surface area (TPSA) is 73.9 Å². The van der Waals surface area contributed by atoms with E-state index in [0.717, 1.165) is 31.1 Å². The second-order valence-corrected chi connectivity index (χ2v) is 6.25. The van der Waals surface area contributed by atoms with E-state index in [1.54, 1.807) is 0 Å². The van der Waals surface area contributed by atoms with Gasteiger partial charge < -0.3 is 10.5 Å². The van der Waals surface area contributed by atoms with Crippen LogP contribution in [0.4, 0.5) is 5.95 Å². The van der Waals surface area contributed by atoms with E-state index in [4.69, 9.17) is 15.5 Å². The predicted molar refractivity (Wildman–Crippen MR) is 77.2 cm³/mol. The van der Waals surface area contributed by atoms with Gasteiger partial charge in [-0.25, -0.2) is 4.98 Å². The van der Waals surface area contributed by atoms with Crippen molar-refractivity contribution in [1.29, 1.82) is 0 Å². The Bertz CT molecular complexity index is 463. The fraction of sp³-hybridized carbons (Fsp3) is 0.800. The molecule has 5 heteroatoms. The van der Waals surface area contributed by atoms with Crippen LogP contribution in [-0.2, 0) is 10.3 Å². The standard InChI is InChI=1S/C15H24N4O/c1-15(9-6-10-20-15)13-17-12(18-14(16)19-13)11-7-4-2-3-5-8-11/h11H,2-10H2,1H3,(H2,16,17,18,19). The van der Waals surface area contributed by atoms with Gasteiger partial charge in [0, 0.05) is 12.5 Å². The molecule has 5 nitrogen and oxygen atoms in total. The van der Waals surface area contributed by atoms with Crippen molar-refractivity contribution in [3.8, 4) is 0 Å². The van der Waals surface area contributed by atoms with Gasteiger partial charge in [-0.1, -0.05) is 25.7 Å². The fourth-order valence-electron chi connectivity index (χ4n) is 3.32. The van der Waals surface area contributed by atoms with Crippen molar-refractivity contribution in [2.45, 2.75) is 69.8 Å². The summed E-state index contributed by atoms with van der Waals surface area (Å²) in [7, 11) is 0. The molecule has 20 heavy (non-hydrogen) atoms. The maximum absolute atomic E-state index is 5.91. The first-order valence-electron chi connectivity index (χ1n) is 7.83. The molecule has 2 aliphatic rings. The fourth-order valence-corrected chi connectivity index (χ4v) is 3.32. The largest absolute Gasteiger partial charge is 0.368 e. The van der Waals surface area contributed by atoms with Crippen molar-refractivity contribution in [3.63, 3.8) is 0 Å². The first kappa shape index (κ1) is 13.7. The van der Waals surface area contributed by atoms with Gasteiger partial charge in [-0.05, 0) is 32.6 Å². The van der Waals surface area contributed by atoms with Gasteiger partial charge in [0.15, 0.2) is 5.82 Å². The molecule has 2 fully saturated rings. The molecular formula is C15H24N4O. The third kappa shape index (κ3) is 2.77. The molecule has 1 saturated heterocycles. The molecule has 0 bridgehead atoms. The SMILES string of the molecule is CC1(c2nc(N)nc(C3CCCCCC3)n2)CCCO1. The minimum absolute atomic E-state index is 0.339. The minimum atomic E-state index is -0.378. The van der Waals surface area contributed by atoms with Crippen LogP contribution in [0.2, 0.25) is 0 Å². The third-order valence-electron chi connectivity index (χ3n) is 4.58. The summed E-state index contributed by atoms with van der Waals surface area (Å²) in [4.78, 5) is 13.5. The van der Waals surface area contributed by atoms with Crippen molar-refractivity contribution in [2.75, 3.05) is 12.3 Å². The number of rotatable bonds is 2. The van der Waals surface area contributed by atoms with Crippen molar-refractivity contribution < 1.29 is 4.74 Å². The summed E-state index contributed by atoms with van der Waals surface area (Å²) < 4.78 is 5.84. The highest BCUT2D eigenvalue weighted by Gasteiger charge is 2.36. The Morgan fingerprint density at radius 1 is 1.05 bits per heavy atom. The van der Waals surface area contributed by atoms with E-state index < -0.39 is 0 Å². The summed E-state index contributed by atoms with van der Waals surface area (Å²) in [5, 5.41) is 0. The molecule has 0 aromatic carbocycles. The van der Waals surface area contributed by atoms with Gasteiger partial charge in [-0.3, -0.25) is 0 Å². The van der Waals surface area contributed by atoms with Gasteiger partial charge in [0.1, 0.15) is 11.4 Å². The molecule has 2 N–H and O–H groups in total. The van der Waals surface area contributed by atoms with Crippen molar-refractivity contribution in [2.24, 2.45) is 0 Å². The van der Waals surface area contributed by atoms with Crippen LogP contribution in [0, 0.1) is 0 Å². The van der Waals surface area contributed by atoms with Crippen LogP contribution >= 0.6 is 0 Å². The molecule has 2 heterocycles. The number of nitrogen functional groups attached to an aromatic ring is 1. The Hall–Kier alpha value is -1.23. The molecule has 1 aliphatic carbocycles. The van der Waals surface area contributed by atoms with Crippen molar-refractivity contribution in [1.82, 2.24) is 15.0 Å². The first-order chi connectivity index (χ1) is 9.67. The van der Waals surface area contributed by atoms with E-state index in [1.165, 1.54) is 38.5 Å². The minimum Gasteiger partial charge on any atom is -0.368 e.